The lowest BCUT2D eigenvalue weighted by Gasteiger charge is -2.21. The Bertz CT molecular complexity index is 561. The van der Waals surface area contributed by atoms with E-state index in [-0.39, 0.29) is 19.1 Å². The third kappa shape index (κ3) is 5.24. The van der Waals surface area contributed by atoms with E-state index in [2.05, 4.69) is 16.8 Å². The van der Waals surface area contributed by atoms with Crippen LogP contribution in [-0.2, 0) is 4.79 Å². The Morgan fingerprint density at radius 2 is 2.24 bits per heavy atom. The number of rotatable bonds is 6. The average molecular weight is 289 g/mol. The van der Waals surface area contributed by atoms with Crippen LogP contribution in [0.25, 0.3) is 0 Å². The van der Waals surface area contributed by atoms with Gasteiger partial charge in [0.15, 0.2) is 0 Å². The van der Waals surface area contributed by atoms with Crippen LogP contribution in [0.5, 0.6) is 0 Å². The molecule has 0 spiro atoms. The molecule has 0 aliphatic rings. The van der Waals surface area contributed by atoms with Crippen LogP contribution in [0, 0.1) is 11.8 Å². The third-order valence-electron chi connectivity index (χ3n) is 2.77. The molecule has 0 aromatic carbocycles. The molecule has 0 saturated carbocycles. The molecule has 0 atom stereocenters. The smallest absolute Gasteiger partial charge is 0.255 e. The largest absolute Gasteiger partial charge is 0.384 e. The number of primary amides is 1. The van der Waals surface area contributed by atoms with E-state index < -0.39 is 5.91 Å². The molecule has 0 aliphatic carbocycles. The number of nitrogens with zero attached hydrogens (tertiary/aromatic N) is 2. The Balaban J connectivity index is 3.04. The normalized spacial score (nSPS) is 9.62. The van der Waals surface area contributed by atoms with Crippen LogP contribution < -0.4 is 5.73 Å². The van der Waals surface area contributed by atoms with Crippen molar-refractivity contribution in [3.05, 3.63) is 29.6 Å². The van der Waals surface area contributed by atoms with Crippen LogP contribution in [0.2, 0.25) is 0 Å². The summed E-state index contributed by atoms with van der Waals surface area (Å²) < 4.78 is 0. The standard InChI is InChI=1S/C15H19N3O3/c1-2-3-8-18(11-14(16)20)15(21)13-6-7-17-10-12(13)5-4-9-19/h6-7,10,19H,2-3,8-9,11H2,1H3,(H2,16,20). The second-order valence-electron chi connectivity index (χ2n) is 4.43. The van der Waals surface area contributed by atoms with Gasteiger partial charge in [-0.1, -0.05) is 25.2 Å². The third-order valence-corrected chi connectivity index (χ3v) is 2.77. The first kappa shape index (κ1) is 16.7. The van der Waals surface area contributed by atoms with Gasteiger partial charge in [0.25, 0.3) is 5.91 Å². The molecule has 0 radical (unpaired) electrons. The first-order chi connectivity index (χ1) is 10.1. The number of aliphatic hydroxyl groups excluding tert-OH is 1. The monoisotopic (exact) mass is 289 g/mol. The summed E-state index contributed by atoms with van der Waals surface area (Å²) in [7, 11) is 0. The Morgan fingerprint density at radius 3 is 2.86 bits per heavy atom. The molecule has 2 amide bonds. The number of aliphatic hydroxyl groups is 1. The molecule has 1 rings (SSSR count). The number of unbranched alkanes of at least 4 members (excludes halogenated alkanes) is 1. The highest BCUT2D eigenvalue weighted by atomic mass is 16.2. The van der Waals surface area contributed by atoms with Crippen molar-refractivity contribution >= 4 is 11.8 Å². The number of aromatic nitrogens is 1. The van der Waals surface area contributed by atoms with Crippen molar-refractivity contribution < 1.29 is 14.7 Å². The molecular formula is C15H19N3O3. The molecule has 1 heterocycles. The Hall–Kier alpha value is -2.39. The van der Waals surface area contributed by atoms with Gasteiger partial charge >= 0.3 is 0 Å². The fourth-order valence-corrected chi connectivity index (χ4v) is 1.78. The van der Waals surface area contributed by atoms with E-state index in [9.17, 15) is 9.59 Å². The lowest BCUT2D eigenvalue weighted by Crippen LogP contribution is -2.39. The van der Waals surface area contributed by atoms with Gasteiger partial charge in [-0.3, -0.25) is 14.6 Å². The van der Waals surface area contributed by atoms with Gasteiger partial charge in [-0.05, 0) is 12.5 Å². The van der Waals surface area contributed by atoms with Crippen molar-refractivity contribution in [2.24, 2.45) is 5.73 Å². The second-order valence-corrected chi connectivity index (χ2v) is 4.43. The van der Waals surface area contributed by atoms with Crippen LogP contribution >= 0.6 is 0 Å². The minimum atomic E-state index is -0.559. The van der Waals surface area contributed by atoms with Crippen LogP contribution in [0.3, 0.4) is 0 Å². The van der Waals surface area contributed by atoms with E-state index in [0.717, 1.165) is 12.8 Å². The lowest BCUT2D eigenvalue weighted by atomic mass is 10.1. The van der Waals surface area contributed by atoms with Crippen LogP contribution in [0.15, 0.2) is 18.5 Å². The summed E-state index contributed by atoms with van der Waals surface area (Å²) in [6.07, 6.45) is 4.62. The highest BCUT2D eigenvalue weighted by Crippen LogP contribution is 2.10. The molecule has 0 bridgehead atoms. The number of carbonyl (C=O) groups excluding carboxylic acids is 2. The van der Waals surface area contributed by atoms with Gasteiger partial charge in [0, 0.05) is 18.9 Å². The van der Waals surface area contributed by atoms with Gasteiger partial charge in [0.1, 0.15) is 6.61 Å². The first-order valence-corrected chi connectivity index (χ1v) is 6.71. The molecule has 0 unspecified atom stereocenters. The highest BCUT2D eigenvalue weighted by Gasteiger charge is 2.19. The number of hydrogen-bond acceptors (Lipinski definition) is 4. The summed E-state index contributed by atoms with van der Waals surface area (Å²) in [5.74, 6) is 4.30. The number of pyridine rings is 1. The SMILES string of the molecule is CCCCN(CC(N)=O)C(=O)c1ccncc1C#CCO. The van der Waals surface area contributed by atoms with Gasteiger partial charge in [-0.15, -0.1) is 0 Å². The maximum atomic E-state index is 12.5. The van der Waals surface area contributed by atoms with Crippen LogP contribution in [0.4, 0.5) is 0 Å². The Labute approximate surface area is 124 Å². The minimum Gasteiger partial charge on any atom is -0.384 e. The summed E-state index contributed by atoms with van der Waals surface area (Å²) in [5, 5.41) is 8.75. The van der Waals surface area contributed by atoms with Crippen molar-refractivity contribution in [3.8, 4) is 11.8 Å². The predicted octanol–water partition coefficient (Wildman–Crippen LogP) is 0.153. The van der Waals surface area contributed by atoms with Crippen molar-refractivity contribution in [2.45, 2.75) is 19.8 Å². The van der Waals surface area contributed by atoms with Gasteiger partial charge in [-0.2, -0.15) is 0 Å². The summed E-state index contributed by atoms with van der Waals surface area (Å²) >= 11 is 0. The molecule has 0 saturated heterocycles. The Morgan fingerprint density at radius 1 is 1.48 bits per heavy atom. The fraction of sp³-hybridized carbons (Fsp3) is 0.400. The molecule has 1 aromatic rings. The number of nitrogens with two attached hydrogens (primary N) is 1. The molecule has 112 valence electrons. The summed E-state index contributed by atoms with van der Waals surface area (Å²) in [5.41, 5.74) is 5.96. The zero-order chi connectivity index (χ0) is 15.7. The topological polar surface area (TPSA) is 96.5 Å². The maximum absolute atomic E-state index is 12.5. The second kappa shape index (κ2) is 8.72. The van der Waals surface area contributed by atoms with Gasteiger partial charge in [0.2, 0.25) is 5.91 Å². The molecule has 3 N–H and O–H groups in total. The van der Waals surface area contributed by atoms with Crippen molar-refractivity contribution in [3.63, 3.8) is 0 Å². The van der Waals surface area contributed by atoms with E-state index in [4.69, 9.17) is 10.8 Å². The molecule has 6 nitrogen and oxygen atoms in total. The molecule has 0 fully saturated rings. The summed E-state index contributed by atoms with van der Waals surface area (Å²) in [4.78, 5) is 29.0. The number of carbonyl (C=O) groups is 2. The fourth-order valence-electron chi connectivity index (χ4n) is 1.78. The lowest BCUT2D eigenvalue weighted by molar-refractivity contribution is -0.118. The zero-order valence-electron chi connectivity index (χ0n) is 12.0. The highest BCUT2D eigenvalue weighted by molar-refractivity contribution is 5.98. The van der Waals surface area contributed by atoms with E-state index >= 15 is 0 Å². The van der Waals surface area contributed by atoms with E-state index in [0.29, 0.717) is 17.7 Å². The van der Waals surface area contributed by atoms with Crippen LogP contribution in [0.1, 0.15) is 35.7 Å². The molecule has 0 aliphatic heterocycles. The molecule has 21 heavy (non-hydrogen) atoms. The molecular weight excluding hydrogens is 270 g/mol. The van der Waals surface area contributed by atoms with Crippen molar-refractivity contribution in [1.82, 2.24) is 9.88 Å². The molecule has 6 heteroatoms. The van der Waals surface area contributed by atoms with E-state index in [1.54, 1.807) is 6.07 Å². The predicted molar refractivity (Wildman–Crippen MR) is 78.2 cm³/mol. The Kier molecular flexibility index (Phi) is 6.92. The first-order valence-electron chi connectivity index (χ1n) is 6.71. The van der Waals surface area contributed by atoms with Gasteiger partial charge < -0.3 is 15.7 Å². The van der Waals surface area contributed by atoms with Gasteiger partial charge in [-0.25, -0.2) is 0 Å². The van der Waals surface area contributed by atoms with Crippen LogP contribution in [-0.4, -0.2) is 46.5 Å². The zero-order valence-corrected chi connectivity index (χ0v) is 12.0. The van der Waals surface area contributed by atoms with E-state index in [1.807, 2.05) is 6.92 Å². The van der Waals surface area contributed by atoms with Crippen molar-refractivity contribution in [2.75, 3.05) is 19.7 Å². The van der Waals surface area contributed by atoms with Crippen molar-refractivity contribution in [1.29, 1.82) is 0 Å². The summed E-state index contributed by atoms with van der Waals surface area (Å²) in [6, 6.07) is 1.55. The van der Waals surface area contributed by atoms with E-state index in [1.165, 1.54) is 17.3 Å². The van der Waals surface area contributed by atoms with Gasteiger partial charge in [0.05, 0.1) is 17.7 Å². The molecule has 1 aromatic heterocycles. The minimum absolute atomic E-state index is 0.131. The number of hydrogen-bond donors (Lipinski definition) is 2. The number of amides is 2. The average Bonchev–Trinajstić information content (AvgIpc) is 2.48. The maximum Gasteiger partial charge on any atom is 0.255 e. The quantitative estimate of drug-likeness (QED) is 0.729. The summed E-state index contributed by atoms with van der Waals surface area (Å²) in [6.45, 7) is 2.02.